The summed E-state index contributed by atoms with van der Waals surface area (Å²) in [5.74, 6) is 0.500. The summed E-state index contributed by atoms with van der Waals surface area (Å²) in [7, 11) is 0. The lowest BCUT2D eigenvalue weighted by molar-refractivity contribution is -0.132. The van der Waals surface area contributed by atoms with Crippen molar-refractivity contribution in [1.29, 1.82) is 0 Å². The zero-order chi connectivity index (χ0) is 23.9. The van der Waals surface area contributed by atoms with Gasteiger partial charge in [-0.2, -0.15) is 0 Å². The van der Waals surface area contributed by atoms with E-state index in [-0.39, 0.29) is 31.5 Å². The summed E-state index contributed by atoms with van der Waals surface area (Å²) in [4.78, 5) is 30.2. The van der Waals surface area contributed by atoms with E-state index in [4.69, 9.17) is 9.47 Å². The van der Waals surface area contributed by atoms with Crippen LogP contribution in [-0.4, -0.2) is 41.6 Å². The summed E-state index contributed by atoms with van der Waals surface area (Å²) in [6, 6.07) is 14.7. The van der Waals surface area contributed by atoms with Crippen molar-refractivity contribution in [1.82, 2.24) is 9.80 Å². The average Bonchev–Trinajstić information content (AvgIpc) is 3.51. The normalized spacial score (nSPS) is 11.7. The van der Waals surface area contributed by atoms with E-state index < -0.39 is 11.8 Å². The largest absolute Gasteiger partial charge is 0.454 e. The molecule has 1 aliphatic rings. The summed E-state index contributed by atoms with van der Waals surface area (Å²) < 4.78 is 24.8. The number of carbonyl (C=O) groups excluding carboxylic acids is 2. The number of ether oxygens (including phenoxy) is 2. The molecule has 176 valence electrons. The summed E-state index contributed by atoms with van der Waals surface area (Å²) in [5.41, 5.74) is 0.921. The molecule has 7 nitrogen and oxygen atoms in total. The second-order valence-corrected chi connectivity index (χ2v) is 8.63. The van der Waals surface area contributed by atoms with E-state index in [0.29, 0.717) is 24.6 Å². The van der Waals surface area contributed by atoms with Gasteiger partial charge in [-0.15, -0.1) is 17.9 Å². The predicted octanol–water partition coefficient (Wildman–Crippen LogP) is 4.86. The SMILES string of the molecule is C=CCN(CC(=O)N(Cc1ccc2c(c1)OCO2)Cc1cccs1)C(=O)Nc1ccccc1F. The van der Waals surface area contributed by atoms with Crippen molar-refractivity contribution in [2.45, 2.75) is 13.1 Å². The lowest BCUT2D eigenvalue weighted by atomic mass is 10.2. The van der Waals surface area contributed by atoms with Gasteiger partial charge in [-0.3, -0.25) is 4.79 Å². The highest BCUT2D eigenvalue weighted by Gasteiger charge is 2.23. The third kappa shape index (κ3) is 5.74. The molecule has 0 saturated heterocycles. The van der Waals surface area contributed by atoms with Crippen LogP contribution < -0.4 is 14.8 Å². The van der Waals surface area contributed by atoms with Crippen LogP contribution in [0.4, 0.5) is 14.9 Å². The highest BCUT2D eigenvalue weighted by atomic mass is 32.1. The quantitative estimate of drug-likeness (QED) is 0.443. The number of fused-ring (bicyclic) bond motifs is 1. The first-order valence-corrected chi connectivity index (χ1v) is 11.5. The number of nitrogens with zero attached hydrogens (tertiary/aromatic N) is 2. The smallest absolute Gasteiger partial charge is 0.322 e. The van der Waals surface area contributed by atoms with Crippen LogP contribution in [0.15, 0.2) is 72.6 Å². The van der Waals surface area contributed by atoms with E-state index in [0.717, 1.165) is 10.4 Å². The Hall–Kier alpha value is -3.85. The van der Waals surface area contributed by atoms with Crippen molar-refractivity contribution >= 4 is 29.0 Å². The Labute approximate surface area is 201 Å². The molecule has 2 aromatic carbocycles. The number of anilines is 1. The molecular formula is C25H24FN3O4S. The maximum atomic E-state index is 14.0. The van der Waals surface area contributed by atoms with Gasteiger partial charge in [0.2, 0.25) is 12.7 Å². The molecule has 1 aromatic heterocycles. The first kappa shape index (κ1) is 23.3. The van der Waals surface area contributed by atoms with E-state index in [9.17, 15) is 14.0 Å². The Morgan fingerprint density at radius 3 is 2.65 bits per heavy atom. The number of benzene rings is 2. The Morgan fingerprint density at radius 2 is 1.88 bits per heavy atom. The number of urea groups is 1. The zero-order valence-corrected chi connectivity index (χ0v) is 19.2. The molecular weight excluding hydrogens is 457 g/mol. The van der Waals surface area contributed by atoms with Crippen LogP contribution in [0, 0.1) is 5.82 Å². The molecule has 2 heterocycles. The summed E-state index contributed by atoms with van der Waals surface area (Å²) in [6.45, 7) is 4.50. The molecule has 4 rings (SSSR count). The molecule has 34 heavy (non-hydrogen) atoms. The predicted molar refractivity (Wildman–Crippen MR) is 128 cm³/mol. The number of hydrogen-bond donors (Lipinski definition) is 1. The van der Waals surface area contributed by atoms with Gasteiger partial charge in [0.1, 0.15) is 12.4 Å². The Bertz CT molecular complexity index is 1170. The van der Waals surface area contributed by atoms with Crippen molar-refractivity contribution in [3.8, 4) is 11.5 Å². The Balaban J connectivity index is 1.50. The standard InChI is InChI=1S/C25H24FN3O4S/c1-2-11-28(25(31)27-21-8-4-3-7-20(21)26)16-24(30)29(15-19-6-5-12-34-19)14-18-9-10-22-23(13-18)33-17-32-22/h2-10,12-13H,1,11,14-17H2,(H,27,31). The number of nitrogens with one attached hydrogen (secondary N) is 1. The van der Waals surface area contributed by atoms with E-state index in [1.165, 1.54) is 29.2 Å². The first-order chi connectivity index (χ1) is 16.5. The van der Waals surface area contributed by atoms with Crippen molar-refractivity contribution in [2.75, 3.05) is 25.2 Å². The van der Waals surface area contributed by atoms with E-state index in [2.05, 4.69) is 11.9 Å². The van der Waals surface area contributed by atoms with Gasteiger partial charge in [-0.05, 0) is 41.3 Å². The molecule has 0 fully saturated rings. The molecule has 0 radical (unpaired) electrons. The zero-order valence-electron chi connectivity index (χ0n) is 18.4. The van der Waals surface area contributed by atoms with Gasteiger partial charge >= 0.3 is 6.03 Å². The average molecular weight is 482 g/mol. The third-order valence-electron chi connectivity index (χ3n) is 5.17. The highest BCUT2D eigenvalue weighted by molar-refractivity contribution is 7.09. The van der Waals surface area contributed by atoms with Crippen LogP contribution in [0.2, 0.25) is 0 Å². The van der Waals surface area contributed by atoms with E-state index in [1.807, 2.05) is 35.7 Å². The van der Waals surface area contributed by atoms with Crippen molar-refractivity contribution in [3.05, 3.63) is 88.9 Å². The fraction of sp³-hybridized carbons (Fsp3) is 0.200. The van der Waals surface area contributed by atoms with Gasteiger partial charge in [0.25, 0.3) is 0 Å². The van der Waals surface area contributed by atoms with E-state index in [1.54, 1.807) is 22.3 Å². The lowest BCUT2D eigenvalue weighted by Gasteiger charge is -2.27. The topological polar surface area (TPSA) is 71.1 Å². The number of thiophene rings is 1. The molecule has 0 aliphatic carbocycles. The maximum Gasteiger partial charge on any atom is 0.322 e. The molecule has 0 bridgehead atoms. The monoisotopic (exact) mass is 481 g/mol. The Morgan fingerprint density at radius 1 is 1.06 bits per heavy atom. The minimum Gasteiger partial charge on any atom is -0.454 e. The molecule has 1 N–H and O–H groups in total. The number of halogens is 1. The fourth-order valence-electron chi connectivity index (χ4n) is 3.48. The van der Waals surface area contributed by atoms with Crippen LogP contribution in [0.1, 0.15) is 10.4 Å². The van der Waals surface area contributed by atoms with Gasteiger partial charge in [0.15, 0.2) is 11.5 Å². The molecule has 0 unspecified atom stereocenters. The number of carbonyl (C=O) groups is 2. The highest BCUT2D eigenvalue weighted by Crippen LogP contribution is 2.33. The first-order valence-electron chi connectivity index (χ1n) is 10.6. The lowest BCUT2D eigenvalue weighted by Crippen LogP contribution is -2.44. The molecule has 1 aliphatic heterocycles. The minimum absolute atomic E-state index is 0.0461. The second kappa shape index (κ2) is 10.8. The molecule has 3 amide bonds. The summed E-state index contributed by atoms with van der Waals surface area (Å²) in [6.07, 6.45) is 1.52. The van der Waals surface area contributed by atoms with Crippen molar-refractivity contribution < 1.29 is 23.5 Å². The van der Waals surface area contributed by atoms with Crippen LogP contribution in [0.25, 0.3) is 0 Å². The number of hydrogen-bond acceptors (Lipinski definition) is 5. The fourth-order valence-corrected chi connectivity index (χ4v) is 4.20. The second-order valence-electron chi connectivity index (χ2n) is 7.60. The molecule has 0 atom stereocenters. The van der Waals surface area contributed by atoms with Crippen LogP contribution in [0.5, 0.6) is 11.5 Å². The van der Waals surface area contributed by atoms with Gasteiger partial charge < -0.3 is 24.6 Å². The van der Waals surface area contributed by atoms with Gasteiger partial charge in [0.05, 0.1) is 12.2 Å². The van der Waals surface area contributed by atoms with Crippen LogP contribution >= 0.6 is 11.3 Å². The van der Waals surface area contributed by atoms with Crippen LogP contribution in [-0.2, 0) is 17.9 Å². The number of amides is 3. The number of para-hydroxylation sites is 1. The minimum atomic E-state index is -0.586. The van der Waals surface area contributed by atoms with E-state index >= 15 is 0 Å². The van der Waals surface area contributed by atoms with Gasteiger partial charge in [-0.1, -0.05) is 30.3 Å². The third-order valence-corrected chi connectivity index (χ3v) is 6.03. The molecule has 0 saturated carbocycles. The molecule has 0 spiro atoms. The molecule has 3 aromatic rings. The molecule has 9 heteroatoms. The van der Waals surface area contributed by atoms with Gasteiger partial charge in [-0.25, -0.2) is 9.18 Å². The summed E-state index contributed by atoms with van der Waals surface area (Å²) in [5, 5.41) is 4.48. The number of rotatable bonds is 9. The van der Waals surface area contributed by atoms with Gasteiger partial charge in [0, 0.05) is 18.0 Å². The van der Waals surface area contributed by atoms with Crippen molar-refractivity contribution in [2.24, 2.45) is 0 Å². The van der Waals surface area contributed by atoms with Crippen LogP contribution in [0.3, 0.4) is 0 Å². The Kier molecular flexibility index (Phi) is 7.44. The summed E-state index contributed by atoms with van der Waals surface area (Å²) >= 11 is 1.55. The van der Waals surface area contributed by atoms with Crippen molar-refractivity contribution in [3.63, 3.8) is 0 Å². The maximum absolute atomic E-state index is 14.0.